The summed E-state index contributed by atoms with van der Waals surface area (Å²) in [6.45, 7) is 6.55. The standard InChI is InChI=1S/C24H27N5O3S/c1-15(2)18-10-9-16(3)11-22(18)31-13-23-26-27-24(29(23)25)33-14-17-12-20(28-32-17)19-7-5-6-8-21(19)30-4/h5-12,15H,13-14,25H2,1-4H3. The Hall–Kier alpha value is -3.46. The highest BCUT2D eigenvalue weighted by molar-refractivity contribution is 7.98. The fourth-order valence-electron chi connectivity index (χ4n) is 3.39. The van der Waals surface area contributed by atoms with Gasteiger partial charge in [0, 0.05) is 11.6 Å². The summed E-state index contributed by atoms with van der Waals surface area (Å²) >= 11 is 1.42. The molecule has 0 spiro atoms. The minimum atomic E-state index is 0.230. The van der Waals surface area contributed by atoms with E-state index in [1.807, 2.05) is 43.3 Å². The van der Waals surface area contributed by atoms with Crippen molar-refractivity contribution in [2.75, 3.05) is 13.0 Å². The first-order chi connectivity index (χ1) is 16.0. The molecule has 0 aliphatic rings. The predicted molar refractivity (Wildman–Crippen MR) is 128 cm³/mol. The summed E-state index contributed by atoms with van der Waals surface area (Å²) in [5.74, 6) is 9.90. The quantitative estimate of drug-likeness (QED) is 0.273. The van der Waals surface area contributed by atoms with E-state index in [2.05, 4.69) is 41.3 Å². The largest absolute Gasteiger partial charge is 0.496 e. The lowest BCUT2D eigenvalue weighted by atomic mass is 10.0. The monoisotopic (exact) mass is 465 g/mol. The van der Waals surface area contributed by atoms with E-state index in [0.29, 0.717) is 34.1 Å². The highest BCUT2D eigenvalue weighted by Gasteiger charge is 2.16. The molecule has 0 aliphatic heterocycles. The normalized spacial score (nSPS) is 11.2. The van der Waals surface area contributed by atoms with E-state index in [1.54, 1.807) is 7.11 Å². The maximum Gasteiger partial charge on any atom is 0.210 e. The molecular weight excluding hydrogens is 438 g/mol. The van der Waals surface area contributed by atoms with Crippen molar-refractivity contribution in [3.63, 3.8) is 0 Å². The lowest BCUT2D eigenvalue weighted by molar-refractivity contribution is 0.287. The molecule has 33 heavy (non-hydrogen) atoms. The van der Waals surface area contributed by atoms with Crippen LogP contribution in [0.15, 0.2) is 58.2 Å². The van der Waals surface area contributed by atoms with Crippen molar-refractivity contribution in [3.8, 4) is 22.8 Å². The molecule has 0 saturated carbocycles. The summed E-state index contributed by atoms with van der Waals surface area (Å²) in [5.41, 5.74) is 3.87. The van der Waals surface area contributed by atoms with E-state index in [1.165, 1.54) is 16.4 Å². The number of thioether (sulfide) groups is 1. The van der Waals surface area contributed by atoms with Gasteiger partial charge in [0.2, 0.25) is 5.16 Å². The van der Waals surface area contributed by atoms with Gasteiger partial charge in [-0.25, -0.2) is 4.68 Å². The number of ether oxygens (including phenoxy) is 2. The number of hydrogen-bond acceptors (Lipinski definition) is 8. The fraction of sp³-hybridized carbons (Fsp3) is 0.292. The zero-order valence-corrected chi connectivity index (χ0v) is 19.9. The zero-order valence-electron chi connectivity index (χ0n) is 19.1. The van der Waals surface area contributed by atoms with Gasteiger partial charge in [-0.05, 0) is 42.2 Å². The van der Waals surface area contributed by atoms with Crippen LogP contribution in [0.25, 0.3) is 11.3 Å². The van der Waals surface area contributed by atoms with E-state index < -0.39 is 0 Å². The summed E-state index contributed by atoms with van der Waals surface area (Å²) in [7, 11) is 1.63. The number of methoxy groups -OCH3 is 1. The number of benzene rings is 2. The van der Waals surface area contributed by atoms with Crippen LogP contribution in [0.5, 0.6) is 11.5 Å². The summed E-state index contributed by atoms with van der Waals surface area (Å²) in [6, 6.07) is 15.8. The third-order valence-electron chi connectivity index (χ3n) is 5.17. The number of rotatable bonds is 9. The minimum Gasteiger partial charge on any atom is -0.496 e. The number of hydrogen-bond donors (Lipinski definition) is 1. The molecule has 0 amide bonds. The van der Waals surface area contributed by atoms with Crippen LogP contribution in [0.1, 0.15) is 42.5 Å². The van der Waals surface area contributed by atoms with E-state index in [0.717, 1.165) is 28.2 Å². The molecule has 0 fully saturated rings. The molecule has 0 unspecified atom stereocenters. The van der Waals surface area contributed by atoms with E-state index >= 15 is 0 Å². The molecule has 8 nitrogen and oxygen atoms in total. The first-order valence-corrected chi connectivity index (χ1v) is 11.6. The second-order valence-corrected chi connectivity index (χ2v) is 8.86. The number of nitrogen functional groups attached to an aromatic ring is 1. The van der Waals surface area contributed by atoms with Crippen molar-refractivity contribution in [2.24, 2.45) is 0 Å². The molecule has 172 valence electrons. The first-order valence-electron chi connectivity index (χ1n) is 10.6. The predicted octanol–water partition coefficient (Wildman–Crippen LogP) is 4.96. The van der Waals surface area contributed by atoms with Crippen molar-refractivity contribution in [1.82, 2.24) is 20.0 Å². The molecule has 2 aromatic carbocycles. The van der Waals surface area contributed by atoms with Crippen LogP contribution in [-0.2, 0) is 12.4 Å². The Bertz CT molecular complexity index is 1230. The second kappa shape index (κ2) is 9.99. The van der Waals surface area contributed by atoms with Crippen molar-refractivity contribution >= 4 is 11.8 Å². The molecule has 2 N–H and O–H groups in total. The van der Waals surface area contributed by atoms with Crippen LogP contribution < -0.4 is 15.3 Å². The lowest BCUT2D eigenvalue weighted by Crippen LogP contribution is -2.16. The van der Waals surface area contributed by atoms with Gasteiger partial charge in [0.05, 0.1) is 12.9 Å². The number of aromatic nitrogens is 4. The van der Waals surface area contributed by atoms with Crippen molar-refractivity contribution in [2.45, 2.75) is 44.2 Å². The van der Waals surface area contributed by atoms with Crippen LogP contribution >= 0.6 is 11.8 Å². The Labute approximate surface area is 197 Å². The SMILES string of the molecule is COc1ccccc1-c1cc(CSc2nnc(COc3cc(C)ccc3C(C)C)n2N)on1. The van der Waals surface area contributed by atoms with Gasteiger partial charge in [-0.3, -0.25) is 0 Å². The maximum atomic E-state index is 6.22. The summed E-state index contributed by atoms with van der Waals surface area (Å²) in [6.07, 6.45) is 0. The first kappa shape index (κ1) is 22.7. The third kappa shape index (κ3) is 5.14. The number of nitrogens with zero attached hydrogens (tertiary/aromatic N) is 4. The molecule has 2 aromatic heterocycles. The zero-order chi connectivity index (χ0) is 23.4. The van der Waals surface area contributed by atoms with Crippen LogP contribution in [0.3, 0.4) is 0 Å². The van der Waals surface area contributed by atoms with Crippen molar-refractivity contribution < 1.29 is 14.0 Å². The Kier molecular flexibility index (Phi) is 6.88. The second-order valence-electron chi connectivity index (χ2n) is 7.92. The Balaban J connectivity index is 1.40. The smallest absolute Gasteiger partial charge is 0.210 e. The van der Waals surface area contributed by atoms with Gasteiger partial charge in [0.25, 0.3) is 0 Å². The molecule has 0 saturated heterocycles. The third-order valence-corrected chi connectivity index (χ3v) is 6.13. The van der Waals surface area contributed by atoms with Gasteiger partial charge < -0.3 is 19.8 Å². The van der Waals surface area contributed by atoms with Gasteiger partial charge in [-0.15, -0.1) is 10.2 Å². The molecule has 0 radical (unpaired) electrons. The molecule has 0 atom stereocenters. The van der Waals surface area contributed by atoms with Gasteiger partial charge >= 0.3 is 0 Å². The Morgan fingerprint density at radius 2 is 1.91 bits per heavy atom. The molecule has 0 bridgehead atoms. The highest BCUT2D eigenvalue weighted by Crippen LogP contribution is 2.31. The van der Waals surface area contributed by atoms with Gasteiger partial charge in [0.15, 0.2) is 5.82 Å². The van der Waals surface area contributed by atoms with Crippen molar-refractivity contribution in [3.05, 3.63) is 71.2 Å². The summed E-state index contributed by atoms with van der Waals surface area (Å²) < 4.78 is 18.4. The van der Waals surface area contributed by atoms with Gasteiger partial charge in [0.1, 0.15) is 29.6 Å². The van der Waals surface area contributed by atoms with Crippen LogP contribution in [0, 0.1) is 6.92 Å². The van der Waals surface area contributed by atoms with Crippen LogP contribution in [0.2, 0.25) is 0 Å². The average Bonchev–Trinajstić information content (AvgIpc) is 3.42. The Morgan fingerprint density at radius 1 is 1.09 bits per heavy atom. The van der Waals surface area contributed by atoms with Crippen LogP contribution in [-0.4, -0.2) is 27.1 Å². The number of nitrogens with two attached hydrogens (primary N) is 1. The maximum absolute atomic E-state index is 6.22. The highest BCUT2D eigenvalue weighted by atomic mass is 32.2. The van der Waals surface area contributed by atoms with Gasteiger partial charge in [-0.1, -0.05) is 55.0 Å². The number of para-hydroxylation sites is 1. The number of aryl methyl sites for hydroxylation is 1. The summed E-state index contributed by atoms with van der Waals surface area (Å²) in [4.78, 5) is 0. The molecular formula is C24H27N5O3S. The lowest BCUT2D eigenvalue weighted by Gasteiger charge is -2.14. The molecule has 0 aliphatic carbocycles. The van der Waals surface area contributed by atoms with E-state index in [4.69, 9.17) is 19.8 Å². The molecule has 4 rings (SSSR count). The minimum absolute atomic E-state index is 0.230. The summed E-state index contributed by atoms with van der Waals surface area (Å²) in [5, 5.41) is 13.1. The van der Waals surface area contributed by atoms with Crippen molar-refractivity contribution in [1.29, 1.82) is 0 Å². The Morgan fingerprint density at radius 3 is 2.70 bits per heavy atom. The molecule has 9 heteroatoms. The molecule has 2 heterocycles. The van der Waals surface area contributed by atoms with Crippen LogP contribution in [0.4, 0.5) is 0 Å². The average molecular weight is 466 g/mol. The van der Waals surface area contributed by atoms with E-state index in [9.17, 15) is 0 Å². The van der Waals surface area contributed by atoms with Gasteiger partial charge in [-0.2, -0.15) is 0 Å². The topological polar surface area (TPSA) is 101 Å². The van der Waals surface area contributed by atoms with E-state index in [-0.39, 0.29) is 6.61 Å². The molecule has 4 aromatic rings. The fourth-order valence-corrected chi connectivity index (χ4v) is 4.14.